The zero-order valence-corrected chi connectivity index (χ0v) is 18.4. The van der Waals surface area contributed by atoms with Gasteiger partial charge in [0.2, 0.25) is 12.3 Å². The van der Waals surface area contributed by atoms with Crippen LogP contribution in [0.2, 0.25) is 0 Å². The number of hydrogen-bond acceptors (Lipinski definition) is 7. The highest BCUT2D eigenvalue weighted by Crippen LogP contribution is 2.47. The fraction of sp³-hybridized carbons (Fsp3) is 0.333. The van der Waals surface area contributed by atoms with E-state index in [-0.39, 0.29) is 6.35 Å². The van der Waals surface area contributed by atoms with Crippen molar-refractivity contribution in [2.45, 2.75) is 37.8 Å². The third kappa shape index (κ3) is 3.44. The van der Waals surface area contributed by atoms with Crippen LogP contribution in [0.15, 0.2) is 54.0 Å². The predicted octanol–water partition coefficient (Wildman–Crippen LogP) is 3.03. The van der Waals surface area contributed by atoms with Crippen molar-refractivity contribution in [1.82, 2.24) is 15.2 Å². The Kier molecular flexibility index (Phi) is 4.86. The van der Waals surface area contributed by atoms with Crippen LogP contribution in [0.3, 0.4) is 0 Å². The number of hydrogen-bond donors (Lipinski definition) is 2. The quantitative estimate of drug-likeness (QED) is 0.626. The van der Waals surface area contributed by atoms with Crippen molar-refractivity contribution >= 4 is 22.9 Å². The number of benzene rings is 2. The minimum Gasteiger partial charge on any atom is -0.454 e. The maximum Gasteiger partial charge on any atom is 0.248 e. The van der Waals surface area contributed by atoms with E-state index >= 15 is 0 Å². The molecule has 2 bridgehead atoms. The third-order valence-corrected chi connectivity index (χ3v) is 7.38. The van der Waals surface area contributed by atoms with Crippen LogP contribution < -0.4 is 20.7 Å². The number of aromatic nitrogens is 1. The molecule has 3 aliphatic rings. The minimum atomic E-state index is -0.450. The summed E-state index contributed by atoms with van der Waals surface area (Å²) in [5.74, 6) is 0.325. The highest BCUT2D eigenvalue weighted by atomic mass is 32.1. The molecule has 2 fully saturated rings. The number of carbonyl (C=O) groups excluding carboxylic acids is 1. The van der Waals surface area contributed by atoms with Crippen LogP contribution in [-0.2, 0) is 6.54 Å². The zero-order valence-electron chi connectivity index (χ0n) is 17.6. The van der Waals surface area contributed by atoms with E-state index in [4.69, 9.17) is 10.5 Å². The molecule has 4 heterocycles. The standard InChI is InChI=1S/C24H25N5O2S/c25-22(30)16-10-19(23-26-8-9-32-23)21-20(11-16)29(12-15-4-2-1-3-5-15)24(31-21)28-13-17-6-7-18(14-28)27-17/h1-5,8-11,17-18,24,27H,6-7,12-14H2,(H2,25,30). The van der Waals surface area contributed by atoms with Crippen molar-refractivity contribution < 1.29 is 9.53 Å². The van der Waals surface area contributed by atoms with E-state index in [2.05, 4.69) is 32.2 Å². The second kappa shape index (κ2) is 7.88. The summed E-state index contributed by atoms with van der Waals surface area (Å²) in [7, 11) is 0. The topological polar surface area (TPSA) is 83.7 Å². The van der Waals surface area contributed by atoms with E-state index in [0.717, 1.165) is 35.1 Å². The summed E-state index contributed by atoms with van der Waals surface area (Å²) in [6.45, 7) is 2.56. The normalized spacial score (nSPS) is 24.4. The number of anilines is 1. The van der Waals surface area contributed by atoms with Crippen molar-refractivity contribution in [2.75, 3.05) is 18.0 Å². The van der Waals surface area contributed by atoms with Gasteiger partial charge in [0.1, 0.15) is 5.01 Å². The van der Waals surface area contributed by atoms with E-state index in [1.54, 1.807) is 6.20 Å². The molecule has 0 spiro atoms. The molecule has 3 atom stereocenters. The van der Waals surface area contributed by atoms with Crippen LogP contribution in [0.25, 0.3) is 10.6 Å². The van der Waals surface area contributed by atoms with Crippen molar-refractivity contribution in [3.63, 3.8) is 0 Å². The molecule has 0 saturated carbocycles. The first-order chi connectivity index (χ1) is 15.7. The molecule has 164 valence electrons. The van der Waals surface area contributed by atoms with Gasteiger partial charge in [-0.1, -0.05) is 30.3 Å². The van der Waals surface area contributed by atoms with Gasteiger partial charge in [-0.25, -0.2) is 9.88 Å². The number of likely N-dealkylation sites (tertiary alicyclic amines) is 1. The summed E-state index contributed by atoms with van der Waals surface area (Å²) < 4.78 is 6.68. The average molecular weight is 448 g/mol. The highest BCUT2D eigenvalue weighted by molar-refractivity contribution is 7.13. The van der Waals surface area contributed by atoms with Crippen LogP contribution in [0.1, 0.15) is 28.8 Å². The van der Waals surface area contributed by atoms with E-state index in [9.17, 15) is 4.79 Å². The molecular formula is C24H25N5O2S. The molecule has 0 radical (unpaired) electrons. The summed E-state index contributed by atoms with van der Waals surface area (Å²) in [6.07, 6.45) is 3.94. The van der Waals surface area contributed by atoms with Crippen molar-refractivity contribution in [3.8, 4) is 16.3 Å². The van der Waals surface area contributed by atoms with E-state index in [1.807, 2.05) is 35.7 Å². The largest absolute Gasteiger partial charge is 0.454 e. The van der Waals surface area contributed by atoms with Crippen LogP contribution in [0.4, 0.5) is 5.69 Å². The van der Waals surface area contributed by atoms with Gasteiger partial charge in [-0.2, -0.15) is 0 Å². The smallest absolute Gasteiger partial charge is 0.248 e. The summed E-state index contributed by atoms with van der Waals surface area (Å²) in [5, 5.41) is 6.46. The van der Waals surface area contributed by atoms with Crippen LogP contribution in [0.5, 0.6) is 5.75 Å². The van der Waals surface area contributed by atoms with Crippen LogP contribution in [-0.4, -0.2) is 47.3 Å². The Morgan fingerprint density at radius 2 is 1.97 bits per heavy atom. The second-order valence-corrected chi connectivity index (χ2v) is 9.62. The lowest BCUT2D eigenvalue weighted by atomic mass is 10.1. The van der Waals surface area contributed by atoms with Crippen LogP contribution >= 0.6 is 11.3 Å². The minimum absolute atomic E-state index is 0.239. The number of fused-ring (bicyclic) bond motifs is 3. The number of rotatable bonds is 5. The number of nitrogens with one attached hydrogen (secondary N) is 1. The Hall–Kier alpha value is -2.94. The Labute approximate surface area is 190 Å². The molecule has 2 aromatic carbocycles. The van der Waals surface area contributed by atoms with Crippen LogP contribution in [0, 0.1) is 0 Å². The summed E-state index contributed by atoms with van der Waals surface area (Å²) in [6, 6.07) is 15.0. The average Bonchev–Trinajstić information content (AvgIpc) is 3.53. The number of amides is 1. The molecule has 8 heteroatoms. The molecular weight excluding hydrogens is 422 g/mol. The number of primary amides is 1. The second-order valence-electron chi connectivity index (χ2n) is 8.72. The Morgan fingerprint density at radius 1 is 1.19 bits per heavy atom. The molecule has 1 amide bonds. The summed E-state index contributed by atoms with van der Waals surface area (Å²) in [4.78, 5) is 21.4. The molecule has 7 nitrogen and oxygen atoms in total. The SMILES string of the molecule is NC(=O)c1cc(-c2nccs2)c2c(c1)N(Cc1ccccc1)C(N1CC3CCC(C1)N3)O2. The first-order valence-electron chi connectivity index (χ1n) is 11.0. The number of ether oxygens (including phenoxy) is 1. The van der Waals surface area contributed by atoms with Gasteiger partial charge in [-0.05, 0) is 30.5 Å². The Bertz CT molecular complexity index is 1120. The number of nitrogens with two attached hydrogens (primary N) is 1. The lowest BCUT2D eigenvalue weighted by molar-refractivity contribution is 0.0149. The number of carbonyl (C=O) groups is 1. The monoisotopic (exact) mass is 447 g/mol. The fourth-order valence-electron chi connectivity index (χ4n) is 5.12. The molecule has 1 aromatic heterocycles. The highest BCUT2D eigenvalue weighted by Gasteiger charge is 2.43. The molecule has 3 aliphatic heterocycles. The van der Waals surface area contributed by atoms with Crippen molar-refractivity contribution in [3.05, 3.63) is 65.2 Å². The molecule has 6 rings (SSSR count). The zero-order chi connectivity index (χ0) is 21.7. The van der Waals surface area contributed by atoms with Gasteiger partial charge in [-0.15, -0.1) is 11.3 Å². The predicted molar refractivity (Wildman–Crippen MR) is 125 cm³/mol. The van der Waals surface area contributed by atoms with E-state index < -0.39 is 5.91 Å². The molecule has 0 aliphatic carbocycles. The molecule has 3 unspecified atom stereocenters. The fourth-order valence-corrected chi connectivity index (χ4v) is 5.77. The summed E-state index contributed by atoms with van der Waals surface area (Å²) in [5.41, 5.74) is 9.09. The number of nitrogens with zero attached hydrogens (tertiary/aromatic N) is 3. The molecule has 2 saturated heterocycles. The third-order valence-electron chi connectivity index (χ3n) is 6.57. The molecule has 3 N–H and O–H groups in total. The van der Waals surface area contributed by atoms with Crippen molar-refractivity contribution in [2.24, 2.45) is 5.73 Å². The van der Waals surface area contributed by atoms with Gasteiger partial charge in [0.25, 0.3) is 0 Å². The number of thiazole rings is 1. The maximum absolute atomic E-state index is 12.2. The first-order valence-corrected chi connectivity index (χ1v) is 11.9. The van der Waals surface area contributed by atoms with Gasteiger partial charge in [0, 0.05) is 48.9 Å². The van der Waals surface area contributed by atoms with Gasteiger partial charge < -0.3 is 20.7 Å². The number of piperazine rings is 1. The Balaban J connectivity index is 1.45. The molecule has 3 aromatic rings. The first kappa shape index (κ1) is 19.7. The van der Waals surface area contributed by atoms with Gasteiger partial charge >= 0.3 is 0 Å². The van der Waals surface area contributed by atoms with Gasteiger partial charge in [0.05, 0.1) is 11.3 Å². The van der Waals surface area contributed by atoms with Gasteiger partial charge in [-0.3, -0.25) is 4.79 Å². The van der Waals surface area contributed by atoms with Gasteiger partial charge in [0.15, 0.2) is 5.75 Å². The summed E-state index contributed by atoms with van der Waals surface area (Å²) >= 11 is 1.53. The van der Waals surface area contributed by atoms with E-state index in [1.165, 1.54) is 29.7 Å². The Morgan fingerprint density at radius 3 is 2.66 bits per heavy atom. The van der Waals surface area contributed by atoms with Crippen molar-refractivity contribution in [1.29, 1.82) is 0 Å². The lowest BCUT2D eigenvalue weighted by Crippen LogP contribution is -2.59. The lowest BCUT2D eigenvalue weighted by Gasteiger charge is -2.39. The molecule has 32 heavy (non-hydrogen) atoms. The maximum atomic E-state index is 12.2. The van der Waals surface area contributed by atoms with E-state index in [0.29, 0.717) is 24.2 Å².